The fraction of sp³-hybridized carbons (Fsp3) is 0.700. The summed E-state index contributed by atoms with van der Waals surface area (Å²) in [6.07, 6.45) is 3.24. The third kappa shape index (κ3) is 2.26. The van der Waals surface area contributed by atoms with E-state index in [0.717, 1.165) is 12.5 Å². The number of rotatable bonds is 4. The molecule has 1 rings (SSSR count). The van der Waals surface area contributed by atoms with Crippen molar-refractivity contribution in [2.75, 3.05) is 5.32 Å². The van der Waals surface area contributed by atoms with Gasteiger partial charge in [-0.25, -0.2) is 4.98 Å². The molecular weight excluding hydrogens is 178 g/mol. The summed E-state index contributed by atoms with van der Waals surface area (Å²) in [5.41, 5.74) is -0.363. The Labute approximate surface area is 85.0 Å². The number of aromatic nitrogens is 2. The monoisotopic (exact) mass is 197 g/mol. The van der Waals surface area contributed by atoms with Gasteiger partial charge in [0.15, 0.2) is 0 Å². The first kappa shape index (κ1) is 11.0. The lowest BCUT2D eigenvalue weighted by Crippen LogP contribution is -2.42. The van der Waals surface area contributed by atoms with Crippen LogP contribution in [0.3, 0.4) is 0 Å². The molecule has 0 aromatic carbocycles. The molecular formula is C10H19N3O. The Bertz CT molecular complexity index is 291. The van der Waals surface area contributed by atoms with Gasteiger partial charge in [0.25, 0.3) is 0 Å². The second-order valence-electron chi connectivity index (χ2n) is 4.06. The maximum atomic E-state index is 9.54. The molecule has 1 aromatic heterocycles. The van der Waals surface area contributed by atoms with E-state index in [9.17, 15) is 5.11 Å². The molecule has 0 aliphatic carbocycles. The van der Waals surface area contributed by atoms with Crippen LogP contribution in [-0.4, -0.2) is 26.3 Å². The number of nitrogens with one attached hydrogen (secondary N) is 1. The van der Waals surface area contributed by atoms with E-state index in [4.69, 9.17) is 0 Å². The Morgan fingerprint density at radius 1 is 1.64 bits per heavy atom. The quantitative estimate of drug-likeness (QED) is 0.768. The molecule has 4 heteroatoms. The zero-order valence-electron chi connectivity index (χ0n) is 9.28. The van der Waals surface area contributed by atoms with Crippen molar-refractivity contribution < 1.29 is 5.11 Å². The lowest BCUT2D eigenvalue weighted by molar-refractivity contribution is 0.132. The van der Waals surface area contributed by atoms with Crippen LogP contribution in [0.2, 0.25) is 0 Å². The van der Waals surface area contributed by atoms with Crippen LogP contribution < -0.4 is 5.32 Å². The Hall–Kier alpha value is -1.03. The van der Waals surface area contributed by atoms with Crippen LogP contribution in [0.1, 0.15) is 27.7 Å². The Morgan fingerprint density at radius 2 is 2.29 bits per heavy atom. The highest BCUT2D eigenvalue weighted by Gasteiger charge is 2.24. The minimum atomic E-state index is -0.426. The van der Waals surface area contributed by atoms with E-state index in [-0.39, 0.29) is 5.54 Å². The van der Waals surface area contributed by atoms with Crippen molar-refractivity contribution in [2.24, 2.45) is 0 Å². The first-order chi connectivity index (χ1) is 6.47. The van der Waals surface area contributed by atoms with Crippen LogP contribution in [0, 0.1) is 0 Å². The van der Waals surface area contributed by atoms with Crippen LogP contribution in [0.4, 0.5) is 5.95 Å². The molecule has 0 amide bonds. The molecule has 1 heterocycles. The number of aliphatic hydroxyl groups is 1. The van der Waals surface area contributed by atoms with Crippen molar-refractivity contribution in [1.29, 1.82) is 0 Å². The number of aliphatic hydroxyl groups excluding tert-OH is 1. The lowest BCUT2D eigenvalue weighted by atomic mass is 9.99. The molecule has 1 atom stereocenters. The Kier molecular flexibility index (Phi) is 3.16. The maximum Gasteiger partial charge on any atom is 0.203 e. The van der Waals surface area contributed by atoms with E-state index in [1.165, 1.54) is 0 Å². The highest BCUT2D eigenvalue weighted by Crippen LogP contribution is 2.16. The number of hydrogen-bond acceptors (Lipinski definition) is 3. The predicted molar refractivity (Wildman–Crippen MR) is 57.3 cm³/mol. The molecule has 0 aliphatic heterocycles. The fourth-order valence-corrected chi connectivity index (χ4v) is 1.08. The summed E-state index contributed by atoms with van der Waals surface area (Å²) in [5.74, 6) is 0.804. The van der Waals surface area contributed by atoms with Crippen molar-refractivity contribution in [3.8, 4) is 0 Å². The van der Waals surface area contributed by atoms with Gasteiger partial charge in [-0.2, -0.15) is 0 Å². The zero-order chi connectivity index (χ0) is 10.8. The minimum Gasteiger partial charge on any atom is -0.391 e. The maximum absolute atomic E-state index is 9.54. The molecule has 0 spiro atoms. The van der Waals surface area contributed by atoms with E-state index in [1.54, 1.807) is 13.1 Å². The Balaban J connectivity index is 2.78. The summed E-state index contributed by atoms with van der Waals surface area (Å²) in [5, 5.41) is 12.8. The van der Waals surface area contributed by atoms with Crippen molar-refractivity contribution in [3.63, 3.8) is 0 Å². The van der Waals surface area contributed by atoms with Gasteiger partial charge in [0.1, 0.15) is 0 Å². The summed E-state index contributed by atoms with van der Waals surface area (Å²) >= 11 is 0. The van der Waals surface area contributed by atoms with Crippen LogP contribution >= 0.6 is 0 Å². The topological polar surface area (TPSA) is 50.1 Å². The van der Waals surface area contributed by atoms with Gasteiger partial charge < -0.3 is 15.0 Å². The van der Waals surface area contributed by atoms with Gasteiger partial charge in [-0.05, 0) is 27.7 Å². The second-order valence-corrected chi connectivity index (χ2v) is 4.06. The Morgan fingerprint density at radius 3 is 2.79 bits per heavy atom. The van der Waals surface area contributed by atoms with Crippen molar-refractivity contribution in [1.82, 2.24) is 9.55 Å². The predicted octanol–water partition coefficient (Wildman–Crippen LogP) is 1.47. The van der Waals surface area contributed by atoms with Crippen LogP contribution in [-0.2, 0) is 6.54 Å². The molecule has 0 aliphatic rings. The molecule has 4 nitrogen and oxygen atoms in total. The zero-order valence-corrected chi connectivity index (χ0v) is 9.28. The van der Waals surface area contributed by atoms with Gasteiger partial charge in [-0.3, -0.25) is 0 Å². The third-order valence-corrected chi connectivity index (χ3v) is 2.53. The molecule has 0 radical (unpaired) electrons. The summed E-state index contributed by atoms with van der Waals surface area (Å²) in [4.78, 5) is 4.20. The summed E-state index contributed by atoms with van der Waals surface area (Å²) in [6.45, 7) is 8.60. The largest absolute Gasteiger partial charge is 0.391 e. The van der Waals surface area contributed by atoms with E-state index < -0.39 is 6.10 Å². The summed E-state index contributed by atoms with van der Waals surface area (Å²) in [7, 11) is 0. The van der Waals surface area contributed by atoms with E-state index in [0.29, 0.717) is 0 Å². The number of imidazole rings is 1. The fourth-order valence-electron chi connectivity index (χ4n) is 1.08. The second kappa shape index (κ2) is 4.00. The van der Waals surface area contributed by atoms with Gasteiger partial charge >= 0.3 is 0 Å². The highest BCUT2D eigenvalue weighted by atomic mass is 16.3. The number of aryl methyl sites for hydroxylation is 1. The van der Waals surface area contributed by atoms with E-state index in [2.05, 4.69) is 17.2 Å². The average molecular weight is 197 g/mol. The lowest BCUT2D eigenvalue weighted by Gasteiger charge is -2.29. The SMILES string of the molecule is CCn1ccnc1NC(C)(C)C(C)O. The molecule has 0 fully saturated rings. The van der Waals surface area contributed by atoms with Gasteiger partial charge in [0.05, 0.1) is 11.6 Å². The first-order valence-electron chi connectivity index (χ1n) is 4.94. The van der Waals surface area contributed by atoms with Gasteiger partial charge in [-0.15, -0.1) is 0 Å². The minimum absolute atomic E-state index is 0.363. The summed E-state index contributed by atoms with van der Waals surface area (Å²) < 4.78 is 2.00. The molecule has 0 bridgehead atoms. The number of hydrogen-bond donors (Lipinski definition) is 2. The molecule has 0 saturated carbocycles. The first-order valence-corrected chi connectivity index (χ1v) is 4.94. The van der Waals surface area contributed by atoms with E-state index >= 15 is 0 Å². The summed E-state index contributed by atoms with van der Waals surface area (Å²) in [6, 6.07) is 0. The van der Waals surface area contributed by atoms with Crippen molar-refractivity contribution in [2.45, 2.75) is 45.9 Å². The van der Waals surface area contributed by atoms with Crippen molar-refractivity contribution in [3.05, 3.63) is 12.4 Å². The van der Waals surface area contributed by atoms with Gasteiger partial charge in [-0.1, -0.05) is 0 Å². The van der Waals surface area contributed by atoms with Crippen LogP contribution in [0.25, 0.3) is 0 Å². The highest BCUT2D eigenvalue weighted by molar-refractivity contribution is 5.30. The van der Waals surface area contributed by atoms with Gasteiger partial charge in [0.2, 0.25) is 5.95 Å². The van der Waals surface area contributed by atoms with Crippen LogP contribution in [0.15, 0.2) is 12.4 Å². The third-order valence-electron chi connectivity index (χ3n) is 2.53. The van der Waals surface area contributed by atoms with E-state index in [1.807, 2.05) is 24.6 Å². The molecule has 14 heavy (non-hydrogen) atoms. The van der Waals surface area contributed by atoms with Gasteiger partial charge in [0, 0.05) is 18.9 Å². The molecule has 80 valence electrons. The standard InChI is InChI=1S/C10H19N3O/c1-5-13-7-6-11-9(13)12-10(3,4)8(2)14/h6-8,14H,5H2,1-4H3,(H,11,12). The normalized spacial score (nSPS) is 14.1. The van der Waals surface area contributed by atoms with Crippen molar-refractivity contribution >= 4 is 5.95 Å². The number of anilines is 1. The smallest absolute Gasteiger partial charge is 0.203 e. The number of nitrogens with zero attached hydrogens (tertiary/aromatic N) is 2. The molecule has 0 saturated heterocycles. The molecule has 2 N–H and O–H groups in total. The van der Waals surface area contributed by atoms with Crippen LogP contribution in [0.5, 0.6) is 0 Å². The molecule has 1 unspecified atom stereocenters. The average Bonchev–Trinajstić information content (AvgIpc) is 2.50. The molecule has 1 aromatic rings.